The van der Waals surface area contributed by atoms with Gasteiger partial charge in [-0.3, -0.25) is 9.36 Å². The average Bonchev–Trinajstić information content (AvgIpc) is 3.03. The zero-order valence-corrected chi connectivity index (χ0v) is 12.2. The fourth-order valence-electron chi connectivity index (χ4n) is 1.65. The van der Waals surface area contributed by atoms with Crippen molar-refractivity contribution in [2.24, 2.45) is 0 Å². The number of rotatable bonds is 6. The molecule has 0 saturated carbocycles. The van der Waals surface area contributed by atoms with Crippen molar-refractivity contribution in [2.45, 2.75) is 31.6 Å². The predicted octanol–water partition coefficient (Wildman–Crippen LogP) is 1.44. The molecule has 0 saturated heterocycles. The highest BCUT2D eigenvalue weighted by atomic mass is 32.2. The highest BCUT2D eigenvalue weighted by Crippen LogP contribution is 2.22. The first kappa shape index (κ1) is 14.4. The fourth-order valence-corrected chi connectivity index (χ4v) is 2.56. The lowest BCUT2D eigenvalue weighted by Crippen LogP contribution is -2.24. The number of furan rings is 1. The number of hydrogen-bond acceptors (Lipinski definition) is 6. The summed E-state index contributed by atoms with van der Waals surface area (Å²) in [6.45, 7) is 4.35. The van der Waals surface area contributed by atoms with Crippen LogP contribution in [0, 0.1) is 0 Å². The number of nitrogens with one attached hydrogen (secondary N) is 1. The maximum Gasteiger partial charge on any atom is 0.230 e. The second-order valence-electron chi connectivity index (χ2n) is 4.45. The Balaban J connectivity index is 1.84. The second kappa shape index (κ2) is 6.47. The van der Waals surface area contributed by atoms with Crippen LogP contribution >= 0.6 is 11.8 Å². The Morgan fingerprint density at radius 3 is 3.00 bits per heavy atom. The Morgan fingerprint density at radius 1 is 1.55 bits per heavy atom. The number of nitrogens with two attached hydrogens (primary N) is 1. The van der Waals surface area contributed by atoms with E-state index < -0.39 is 0 Å². The Kier molecular flexibility index (Phi) is 4.67. The van der Waals surface area contributed by atoms with Gasteiger partial charge in [0.25, 0.3) is 0 Å². The van der Waals surface area contributed by atoms with Crippen LogP contribution in [0.3, 0.4) is 0 Å². The molecule has 1 amide bonds. The summed E-state index contributed by atoms with van der Waals surface area (Å²) in [6, 6.07) is 3.74. The number of thioether (sulfide) groups is 1. The van der Waals surface area contributed by atoms with E-state index in [1.54, 1.807) is 16.9 Å². The van der Waals surface area contributed by atoms with Gasteiger partial charge < -0.3 is 15.5 Å². The Labute approximate surface area is 120 Å². The van der Waals surface area contributed by atoms with Crippen molar-refractivity contribution in [3.63, 3.8) is 0 Å². The van der Waals surface area contributed by atoms with Crippen LogP contribution in [0.1, 0.15) is 25.6 Å². The molecule has 0 radical (unpaired) electrons. The van der Waals surface area contributed by atoms with E-state index in [4.69, 9.17) is 10.2 Å². The molecule has 2 heterocycles. The van der Waals surface area contributed by atoms with Crippen LogP contribution in [0.15, 0.2) is 28.0 Å². The molecular weight excluding hydrogens is 278 g/mol. The first-order valence-corrected chi connectivity index (χ1v) is 7.18. The van der Waals surface area contributed by atoms with Gasteiger partial charge in [-0.25, -0.2) is 0 Å². The molecule has 3 N–H and O–H groups in total. The van der Waals surface area contributed by atoms with Crippen molar-refractivity contribution in [1.29, 1.82) is 0 Å². The average molecular weight is 295 g/mol. The first-order valence-electron chi connectivity index (χ1n) is 6.20. The van der Waals surface area contributed by atoms with Gasteiger partial charge in [-0.05, 0) is 26.0 Å². The highest BCUT2D eigenvalue weighted by Gasteiger charge is 2.14. The Hall–Kier alpha value is -1.96. The molecule has 0 bridgehead atoms. The fraction of sp³-hybridized carbons (Fsp3) is 0.417. The Bertz CT molecular complexity index is 564. The van der Waals surface area contributed by atoms with E-state index in [0.29, 0.717) is 17.6 Å². The van der Waals surface area contributed by atoms with Gasteiger partial charge in [0.05, 0.1) is 18.6 Å². The van der Waals surface area contributed by atoms with Crippen LogP contribution in [-0.2, 0) is 11.3 Å². The van der Waals surface area contributed by atoms with Gasteiger partial charge in [0.15, 0.2) is 5.16 Å². The summed E-state index contributed by atoms with van der Waals surface area (Å²) >= 11 is 1.31. The van der Waals surface area contributed by atoms with Crippen LogP contribution in [-0.4, -0.2) is 26.4 Å². The second-order valence-corrected chi connectivity index (χ2v) is 5.39. The molecule has 2 aromatic rings. The lowest BCUT2D eigenvalue weighted by atomic mass is 10.4. The van der Waals surface area contributed by atoms with Gasteiger partial charge in [-0.15, -0.1) is 10.2 Å². The summed E-state index contributed by atoms with van der Waals surface area (Å²) in [5.41, 5.74) is 5.73. The monoisotopic (exact) mass is 295 g/mol. The van der Waals surface area contributed by atoms with Gasteiger partial charge >= 0.3 is 0 Å². The SMILES string of the molecule is CC(C)n1c(N)nnc1SCC(=O)NCc1ccco1. The molecule has 7 nitrogen and oxygen atoms in total. The molecule has 20 heavy (non-hydrogen) atoms. The zero-order valence-electron chi connectivity index (χ0n) is 11.4. The quantitative estimate of drug-likeness (QED) is 0.782. The third-order valence-electron chi connectivity index (χ3n) is 2.58. The number of carbonyl (C=O) groups excluding carboxylic acids is 1. The normalized spacial score (nSPS) is 10.9. The van der Waals surface area contributed by atoms with E-state index in [-0.39, 0.29) is 17.7 Å². The molecule has 0 spiro atoms. The molecule has 8 heteroatoms. The number of amides is 1. The van der Waals surface area contributed by atoms with E-state index in [0.717, 1.165) is 5.76 Å². The maximum absolute atomic E-state index is 11.7. The largest absolute Gasteiger partial charge is 0.467 e. The van der Waals surface area contributed by atoms with Crippen molar-refractivity contribution in [2.75, 3.05) is 11.5 Å². The topological polar surface area (TPSA) is 99.0 Å². The lowest BCUT2D eigenvalue weighted by Gasteiger charge is -2.11. The van der Waals surface area contributed by atoms with Crippen LogP contribution < -0.4 is 11.1 Å². The number of aromatic nitrogens is 3. The van der Waals surface area contributed by atoms with Crippen molar-refractivity contribution in [3.8, 4) is 0 Å². The van der Waals surface area contributed by atoms with Gasteiger partial charge in [0.2, 0.25) is 11.9 Å². The highest BCUT2D eigenvalue weighted by molar-refractivity contribution is 7.99. The lowest BCUT2D eigenvalue weighted by molar-refractivity contribution is -0.118. The molecule has 108 valence electrons. The van der Waals surface area contributed by atoms with Crippen molar-refractivity contribution < 1.29 is 9.21 Å². The summed E-state index contributed by atoms with van der Waals surface area (Å²) < 4.78 is 6.93. The zero-order chi connectivity index (χ0) is 14.5. The smallest absolute Gasteiger partial charge is 0.230 e. The predicted molar refractivity (Wildman–Crippen MR) is 76.1 cm³/mol. The molecule has 2 rings (SSSR count). The van der Waals surface area contributed by atoms with Crippen LogP contribution in [0.5, 0.6) is 0 Å². The third kappa shape index (κ3) is 3.53. The minimum absolute atomic E-state index is 0.0942. The minimum Gasteiger partial charge on any atom is -0.467 e. The summed E-state index contributed by atoms with van der Waals surface area (Å²) in [7, 11) is 0. The van der Waals surface area contributed by atoms with Crippen LogP contribution in [0.25, 0.3) is 0 Å². The maximum atomic E-state index is 11.7. The summed E-state index contributed by atoms with van der Waals surface area (Å²) in [6.07, 6.45) is 1.57. The summed E-state index contributed by atoms with van der Waals surface area (Å²) in [5, 5.41) is 11.2. The van der Waals surface area contributed by atoms with Crippen LogP contribution in [0.2, 0.25) is 0 Å². The number of nitrogen functional groups attached to an aromatic ring is 1. The van der Waals surface area contributed by atoms with E-state index in [1.807, 2.05) is 19.9 Å². The van der Waals surface area contributed by atoms with Crippen molar-refractivity contribution in [3.05, 3.63) is 24.2 Å². The van der Waals surface area contributed by atoms with E-state index in [1.165, 1.54) is 11.8 Å². The number of hydrogen-bond donors (Lipinski definition) is 2. The number of nitrogens with zero attached hydrogens (tertiary/aromatic N) is 3. The van der Waals surface area contributed by atoms with Gasteiger partial charge in [-0.1, -0.05) is 11.8 Å². The molecule has 0 aliphatic rings. The molecule has 0 aromatic carbocycles. The molecule has 0 aliphatic heterocycles. The van der Waals surface area contributed by atoms with Crippen molar-refractivity contribution >= 4 is 23.6 Å². The van der Waals surface area contributed by atoms with Crippen molar-refractivity contribution in [1.82, 2.24) is 20.1 Å². The molecule has 0 fully saturated rings. The first-order chi connectivity index (χ1) is 9.58. The van der Waals surface area contributed by atoms with E-state index in [9.17, 15) is 4.79 Å². The number of anilines is 1. The Morgan fingerprint density at radius 2 is 2.35 bits per heavy atom. The van der Waals surface area contributed by atoms with Gasteiger partial charge in [0.1, 0.15) is 5.76 Å². The molecule has 2 aromatic heterocycles. The van der Waals surface area contributed by atoms with Gasteiger partial charge in [-0.2, -0.15) is 0 Å². The molecular formula is C12H17N5O2S. The number of carbonyl (C=O) groups is 1. The molecule has 0 aliphatic carbocycles. The summed E-state index contributed by atoms with van der Waals surface area (Å²) in [4.78, 5) is 11.7. The summed E-state index contributed by atoms with van der Waals surface area (Å²) in [5.74, 6) is 1.24. The minimum atomic E-state index is -0.0942. The van der Waals surface area contributed by atoms with E-state index in [2.05, 4.69) is 15.5 Å². The van der Waals surface area contributed by atoms with E-state index >= 15 is 0 Å². The van der Waals surface area contributed by atoms with Crippen LogP contribution in [0.4, 0.5) is 5.95 Å². The standard InChI is InChI=1S/C12H17N5O2S/c1-8(2)17-11(13)15-16-12(17)20-7-10(18)14-6-9-4-3-5-19-9/h3-5,8H,6-7H2,1-2H3,(H2,13,15)(H,14,18). The molecule has 0 unspecified atom stereocenters. The molecule has 0 atom stereocenters. The third-order valence-corrected chi connectivity index (χ3v) is 3.52. The van der Waals surface area contributed by atoms with Gasteiger partial charge in [0, 0.05) is 6.04 Å².